The fourth-order valence-corrected chi connectivity index (χ4v) is 2.17. The molecule has 0 saturated carbocycles. The van der Waals surface area contributed by atoms with Crippen molar-refractivity contribution in [2.24, 2.45) is 0 Å². The Morgan fingerprint density at radius 3 is 2.14 bits per heavy atom. The Hall–Kier alpha value is -2.21. The molecule has 1 heterocycles. The first kappa shape index (κ1) is 13.8. The summed E-state index contributed by atoms with van der Waals surface area (Å²) in [6.45, 7) is 0. The molecule has 2 nitrogen and oxygen atoms in total. The summed E-state index contributed by atoms with van der Waals surface area (Å²) in [4.78, 5) is 7.66. The van der Waals surface area contributed by atoms with Crippen molar-refractivity contribution in [1.29, 1.82) is 0 Å². The third-order valence-electron chi connectivity index (χ3n) is 2.84. The molecule has 0 saturated heterocycles. The summed E-state index contributed by atoms with van der Waals surface area (Å²) in [5.74, 6) is -4.36. The van der Waals surface area contributed by atoms with Crippen LogP contribution in [0, 0.1) is 23.3 Å². The number of halogens is 5. The van der Waals surface area contributed by atoms with Gasteiger partial charge in [0.05, 0.1) is 11.1 Å². The quantitative estimate of drug-likeness (QED) is 0.488. The van der Waals surface area contributed by atoms with Crippen LogP contribution in [0.15, 0.2) is 30.3 Å². The van der Waals surface area contributed by atoms with E-state index >= 15 is 0 Å². The van der Waals surface area contributed by atoms with Gasteiger partial charge in [-0.15, -0.1) is 0 Å². The van der Waals surface area contributed by atoms with E-state index in [2.05, 4.69) is 9.97 Å². The number of hydrogen-bond donors (Lipinski definition) is 0. The zero-order valence-corrected chi connectivity index (χ0v) is 10.9. The Labute approximate surface area is 121 Å². The number of nitrogens with zero attached hydrogens (tertiary/aromatic N) is 2. The van der Waals surface area contributed by atoms with Gasteiger partial charge < -0.3 is 0 Å². The largest absolute Gasteiger partial charge is 0.228 e. The van der Waals surface area contributed by atoms with Crippen molar-refractivity contribution in [2.75, 3.05) is 0 Å². The SMILES string of the molecule is Fc1cc(F)c(-c2nc(Cl)c3ccc(F)cc3n2)c(F)c1. The van der Waals surface area contributed by atoms with Gasteiger partial charge in [0.2, 0.25) is 0 Å². The second kappa shape index (κ2) is 4.96. The number of fused-ring (bicyclic) bond motifs is 1. The van der Waals surface area contributed by atoms with Gasteiger partial charge in [-0.2, -0.15) is 0 Å². The molecule has 0 aliphatic carbocycles. The fourth-order valence-electron chi connectivity index (χ4n) is 1.93. The average Bonchev–Trinajstić information content (AvgIpc) is 2.36. The van der Waals surface area contributed by atoms with E-state index in [4.69, 9.17) is 11.6 Å². The average molecular weight is 313 g/mol. The highest BCUT2D eigenvalue weighted by Gasteiger charge is 2.18. The van der Waals surface area contributed by atoms with Crippen molar-refractivity contribution in [2.45, 2.75) is 0 Å². The first-order valence-electron chi connectivity index (χ1n) is 5.73. The van der Waals surface area contributed by atoms with Crippen LogP contribution in [0.1, 0.15) is 0 Å². The van der Waals surface area contributed by atoms with Crippen molar-refractivity contribution in [1.82, 2.24) is 9.97 Å². The van der Waals surface area contributed by atoms with Crippen molar-refractivity contribution in [3.8, 4) is 11.4 Å². The molecule has 0 bridgehead atoms. The summed E-state index contributed by atoms with van der Waals surface area (Å²) in [6.07, 6.45) is 0. The molecular formula is C14H5ClF4N2. The number of benzene rings is 2. The maximum atomic E-state index is 13.7. The Morgan fingerprint density at radius 1 is 0.810 bits per heavy atom. The smallest absolute Gasteiger partial charge is 0.167 e. The van der Waals surface area contributed by atoms with Crippen molar-refractivity contribution in [3.05, 3.63) is 58.8 Å². The second-order valence-corrected chi connectivity index (χ2v) is 4.60. The lowest BCUT2D eigenvalue weighted by Gasteiger charge is -2.07. The molecule has 0 amide bonds. The topological polar surface area (TPSA) is 25.8 Å². The molecule has 21 heavy (non-hydrogen) atoms. The molecule has 0 atom stereocenters. The summed E-state index contributed by atoms with van der Waals surface area (Å²) in [6, 6.07) is 4.59. The lowest BCUT2D eigenvalue weighted by atomic mass is 10.1. The lowest BCUT2D eigenvalue weighted by molar-refractivity contribution is 0.547. The molecule has 0 N–H and O–H groups in total. The highest BCUT2D eigenvalue weighted by Crippen LogP contribution is 2.29. The van der Waals surface area contributed by atoms with E-state index in [-0.39, 0.29) is 16.5 Å². The van der Waals surface area contributed by atoms with Gasteiger partial charge in [0.15, 0.2) is 5.82 Å². The van der Waals surface area contributed by atoms with Crippen LogP contribution in [-0.2, 0) is 0 Å². The van der Waals surface area contributed by atoms with Crippen LogP contribution >= 0.6 is 11.6 Å². The standard InChI is InChI=1S/C14H5ClF4N2/c15-13-8-2-1-6(16)5-11(8)20-14(21-13)12-9(18)3-7(17)4-10(12)19/h1-5H. The molecule has 3 aromatic rings. The molecule has 3 rings (SSSR count). The van der Waals surface area contributed by atoms with E-state index in [0.29, 0.717) is 17.5 Å². The molecular weight excluding hydrogens is 308 g/mol. The van der Waals surface area contributed by atoms with Gasteiger partial charge in [-0.3, -0.25) is 0 Å². The molecule has 0 aliphatic rings. The van der Waals surface area contributed by atoms with Gasteiger partial charge in [-0.1, -0.05) is 11.6 Å². The summed E-state index contributed by atoms with van der Waals surface area (Å²) >= 11 is 5.91. The fraction of sp³-hybridized carbons (Fsp3) is 0. The minimum absolute atomic E-state index is 0.0851. The van der Waals surface area contributed by atoms with E-state index < -0.39 is 28.8 Å². The van der Waals surface area contributed by atoms with Crippen LogP contribution in [0.3, 0.4) is 0 Å². The van der Waals surface area contributed by atoms with Gasteiger partial charge in [-0.25, -0.2) is 27.5 Å². The Bertz CT molecular complexity index is 844. The Balaban J connectivity index is 2.31. The highest BCUT2D eigenvalue weighted by molar-refractivity contribution is 6.34. The number of aromatic nitrogens is 2. The van der Waals surface area contributed by atoms with Crippen molar-refractivity contribution in [3.63, 3.8) is 0 Å². The maximum Gasteiger partial charge on any atom is 0.167 e. The van der Waals surface area contributed by atoms with Gasteiger partial charge in [0, 0.05) is 23.6 Å². The third-order valence-corrected chi connectivity index (χ3v) is 3.13. The van der Waals surface area contributed by atoms with Gasteiger partial charge in [0.25, 0.3) is 0 Å². The molecule has 7 heteroatoms. The van der Waals surface area contributed by atoms with Gasteiger partial charge in [0.1, 0.15) is 28.4 Å². The summed E-state index contributed by atoms with van der Waals surface area (Å²) < 4.78 is 53.6. The minimum atomic E-state index is -1.17. The Morgan fingerprint density at radius 2 is 1.48 bits per heavy atom. The van der Waals surface area contributed by atoms with E-state index in [1.165, 1.54) is 6.07 Å². The summed E-state index contributed by atoms with van der Waals surface area (Å²) in [5.41, 5.74) is -0.530. The molecule has 0 unspecified atom stereocenters. The van der Waals surface area contributed by atoms with E-state index in [9.17, 15) is 17.6 Å². The molecule has 0 aliphatic heterocycles. The first-order valence-corrected chi connectivity index (χ1v) is 6.11. The van der Waals surface area contributed by atoms with Crippen LogP contribution in [-0.4, -0.2) is 9.97 Å². The molecule has 0 radical (unpaired) electrons. The van der Waals surface area contributed by atoms with Crippen LogP contribution in [0.5, 0.6) is 0 Å². The monoisotopic (exact) mass is 312 g/mol. The number of hydrogen-bond acceptors (Lipinski definition) is 2. The van der Waals surface area contributed by atoms with Crippen LogP contribution < -0.4 is 0 Å². The van der Waals surface area contributed by atoms with Crippen LogP contribution in [0.4, 0.5) is 17.6 Å². The van der Waals surface area contributed by atoms with E-state index in [1.807, 2.05) is 0 Å². The molecule has 1 aromatic heterocycles. The summed E-state index contributed by atoms with van der Waals surface area (Å²) in [5, 5.41) is 0.253. The second-order valence-electron chi connectivity index (χ2n) is 4.24. The van der Waals surface area contributed by atoms with Crippen molar-refractivity contribution >= 4 is 22.5 Å². The minimum Gasteiger partial charge on any atom is -0.228 e. The molecule has 106 valence electrons. The van der Waals surface area contributed by atoms with Crippen LogP contribution in [0.2, 0.25) is 5.15 Å². The Kier molecular flexibility index (Phi) is 3.25. The van der Waals surface area contributed by atoms with Crippen LogP contribution in [0.25, 0.3) is 22.3 Å². The van der Waals surface area contributed by atoms with E-state index in [1.54, 1.807) is 0 Å². The third kappa shape index (κ3) is 2.42. The zero-order chi connectivity index (χ0) is 15.1. The predicted molar refractivity (Wildman–Crippen MR) is 69.8 cm³/mol. The number of rotatable bonds is 1. The molecule has 0 spiro atoms. The zero-order valence-electron chi connectivity index (χ0n) is 10.2. The van der Waals surface area contributed by atoms with Crippen molar-refractivity contribution < 1.29 is 17.6 Å². The predicted octanol–water partition coefficient (Wildman–Crippen LogP) is 4.51. The first-order chi connectivity index (χ1) is 9.95. The normalized spacial score (nSPS) is 11.1. The van der Waals surface area contributed by atoms with E-state index in [0.717, 1.165) is 12.1 Å². The summed E-state index contributed by atoms with van der Waals surface area (Å²) in [7, 11) is 0. The lowest BCUT2D eigenvalue weighted by Crippen LogP contribution is -1.98. The molecule has 2 aromatic carbocycles. The maximum absolute atomic E-state index is 13.7. The van der Waals surface area contributed by atoms with Gasteiger partial charge in [-0.05, 0) is 12.1 Å². The molecule has 0 fully saturated rings. The highest BCUT2D eigenvalue weighted by atomic mass is 35.5. The van der Waals surface area contributed by atoms with Gasteiger partial charge >= 0.3 is 0 Å².